The predicted octanol–water partition coefficient (Wildman–Crippen LogP) is 2.50. The normalized spacial score (nSPS) is 21.1. The van der Waals surface area contributed by atoms with E-state index in [2.05, 4.69) is 29.9 Å². The van der Waals surface area contributed by atoms with Gasteiger partial charge in [-0.25, -0.2) is 0 Å². The smallest absolute Gasteiger partial charge is 0.0749 e. The van der Waals surface area contributed by atoms with E-state index in [1.165, 1.54) is 12.8 Å². The van der Waals surface area contributed by atoms with Gasteiger partial charge in [0.25, 0.3) is 0 Å². The van der Waals surface area contributed by atoms with Gasteiger partial charge in [0.2, 0.25) is 0 Å². The Balaban J connectivity index is 1.93. The molecule has 19 heavy (non-hydrogen) atoms. The number of nitrogens with zero attached hydrogens (tertiary/aromatic N) is 2. The van der Waals surface area contributed by atoms with Crippen LogP contribution in [-0.2, 0) is 4.74 Å². The van der Waals surface area contributed by atoms with Crippen LogP contribution in [0.5, 0.6) is 0 Å². The third kappa shape index (κ3) is 3.91. The summed E-state index contributed by atoms with van der Waals surface area (Å²) in [6, 6.07) is 4.17. The van der Waals surface area contributed by atoms with Crippen LogP contribution in [-0.4, -0.2) is 31.3 Å². The molecule has 0 amide bonds. The third-order valence-electron chi connectivity index (χ3n) is 3.78. The minimum atomic E-state index is 0.0426. The molecule has 0 aliphatic carbocycles. The molecule has 0 radical (unpaired) electrons. The Morgan fingerprint density at radius 2 is 2.32 bits per heavy atom. The van der Waals surface area contributed by atoms with Gasteiger partial charge in [-0.1, -0.05) is 6.92 Å². The van der Waals surface area contributed by atoms with Gasteiger partial charge in [-0.3, -0.25) is 4.98 Å². The molecule has 2 atom stereocenters. The van der Waals surface area contributed by atoms with Crippen LogP contribution in [0.2, 0.25) is 0 Å². The molecule has 2 unspecified atom stereocenters. The second-order valence-electron chi connectivity index (χ2n) is 5.33. The first-order chi connectivity index (χ1) is 9.20. The third-order valence-corrected chi connectivity index (χ3v) is 3.78. The van der Waals surface area contributed by atoms with Gasteiger partial charge >= 0.3 is 0 Å². The molecule has 0 bridgehead atoms. The fraction of sp³-hybridized carbons (Fsp3) is 0.667. The number of hydrogen-bond acceptors (Lipinski definition) is 4. The number of aromatic nitrogens is 1. The maximum absolute atomic E-state index is 5.97. The summed E-state index contributed by atoms with van der Waals surface area (Å²) in [5.74, 6) is 0. The Bertz CT molecular complexity index is 373. The summed E-state index contributed by atoms with van der Waals surface area (Å²) in [5, 5.41) is 0. The van der Waals surface area contributed by atoms with E-state index in [0.717, 1.165) is 37.4 Å². The molecule has 1 saturated heterocycles. The van der Waals surface area contributed by atoms with E-state index >= 15 is 0 Å². The van der Waals surface area contributed by atoms with Gasteiger partial charge in [0.15, 0.2) is 0 Å². The van der Waals surface area contributed by atoms with Crippen molar-refractivity contribution in [2.75, 3.05) is 25.1 Å². The van der Waals surface area contributed by atoms with Crippen molar-refractivity contribution in [3.63, 3.8) is 0 Å². The van der Waals surface area contributed by atoms with Gasteiger partial charge in [-0.2, -0.15) is 0 Å². The van der Waals surface area contributed by atoms with Crippen LogP contribution >= 0.6 is 0 Å². The molecule has 0 aromatic carbocycles. The zero-order chi connectivity index (χ0) is 13.7. The van der Waals surface area contributed by atoms with Crippen molar-refractivity contribution in [1.29, 1.82) is 0 Å². The summed E-state index contributed by atoms with van der Waals surface area (Å²) >= 11 is 0. The summed E-state index contributed by atoms with van der Waals surface area (Å²) in [5.41, 5.74) is 8.07. The van der Waals surface area contributed by atoms with Crippen LogP contribution in [0.3, 0.4) is 0 Å². The predicted molar refractivity (Wildman–Crippen MR) is 78.3 cm³/mol. The van der Waals surface area contributed by atoms with E-state index < -0.39 is 0 Å². The van der Waals surface area contributed by atoms with Crippen molar-refractivity contribution in [3.05, 3.63) is 24.0 Å². The van der Waals surface area contributed by atoms with Crippen molar-refractivity contribution in [2.45, 2.75) is 44.8 Å². The Morgan fingerprint density at radius 3 is 2.89 bits per heavy atom. The summed E-state index contributed by atoms with van der Waals surface area (Å²) in [4.78, 5) is 6.67. The summed E-state index contributed by atoms with van der Waals surface area (Å²) in [7, 11) is 2.09. The number of pyridine rings is 1. The van der Waals surface area contributed by atoms with Crippen molar-refractivity contribution in [2.24, 2.45) is 5.73 Å². The van der Waals surface area contributed by atoms with Gasteiger partial charge in [0.1, 0.15) is 0 Å². The fourth-order valence-corrected chi connectivity index (χ4v) is 2.41. The fourth-order valence-electron chi connectivity index (χ4n) is 2.41. The highest BCUT2D eigenvalue weighted by Gasteiger charge is 2.16. The minimum Gasteiger partial charge on any atom is -0.376 e. The molecule has 1 aliphatic rings. The SMILES string of the molecule is CCC(N)c1ccc(N(C)CC2CCCCO2)cn1. The molecule has 0 spiro atoms. The quantitative estimate of drug-likeness (QED) is 0.887. The lowest BCUT2D eigenvalue weighted by Gasteiger charge is -2.28. The van der Waals surface area contributed by atoms with Gasteiger partial charge in [-0.15, -0.1) is 0 Å². The van der Waals surface area contributed by atoms with E-state index in [4.69, 9.17) is 10.5 Å². The number of hydrogen-bond donors (Lipinski definition) is 1. The Labute approximate surface area is 116 Å². The number of rotatable bonds is 5. The van der Waals surface area contributed by atoms with Crippen molar-refractivity contribution in [3.8, 4) is 0 Å². The van der Waals surface area contributed by atoms with Crippen LogP contribution in [0.25, 0.3) is 0 Å². The zero-order valence-corrected chi connectivity index (χ0v) is 12.0. The van der Waals surface area contributed by atoms with Crippen molar-refractivity contribution >= 4 is 5.69 Å². The topological polar surface area (TPSA) is 51.4 Å². The molecule has 1 fully saturated rings. The standard InChI is InChI=1S/C15H25N3O/c1-3-14(16)15-8-7-12(10-17-15)18(2)11-13-6-4-5-9-19-13/h7-8,10,13-14H,3-6,9,11,16H2,1-2H3. The lowest BCUT2D eigenvalue weighted by molar-refractivity contribution is 0.0216. The van der Waals surface area contributed by atoms with Gasteiger partial charge in [0.05, 0.1) is 23.7 Å². The number of nitrogens with two attached hydrogens (primary N) is 1. The minimum absolute atomic E-state index is 0.0426. The summed E-state index contributed by atoms with van der Waals surface area (Å²) in [6.07, 6.45) is 6.82. The van der Waals surface area contributed by atoms with E-state index in [9.17, 15) is 0 Å². The lowest BCUT2D eigenvalue weighted by atomic mass is 10.1. The van der Waals surface area contributed by atoms with E-state index in [-0.39, 0.29) is 6.04 Å². The molecule has 0 saturated carbocycles. The molecule has 2 heterocycles. The van der Waals surface area contributed by atoms with E-state index in [1.807, 2.05) is 12.3 Å². The number of likely N-dealkylation sites (N-methyl/N-ethyl adjacent to an activating group) is 1. The van der Waals surface area contributed by atoms with Gasteiger partial charge in [-0.05, 0) is 37.8 Å². The lowest BCUT2D eigenvalue weighted by Crippen LogP contribution is -2.33. The van der Waals surface area contributed by atoms with Crippen LogP contribution in [0.1, 0.15) is 44.3 Å². The average molecular weight is 263 g/mol. The molecule has 106 valence electrons. The molecule has 1 aromatic heterocycles. The van der Waals surface area contributed by atoms with Crippen LogP contribution < -0.4 is 10.6 Å². The van der Waals surface area contributed by atoms with Crippen LogP contribution in [0.15, 0.2) is 18.3 Å². The average Bonchev–Trinajstić information content (AvgIpc) is 2.47. The monoisotopic (exact) mass is 263 g/mol. The molecule has 2 N–H and O–H groups in total. The second kappa shape index (κ2) is 6.87. The van der Waals surface area contributed by atoms with Gasteiger partial charge < -0.3 is 15.4 Å². The van der Waals surface area contributed by atoms with Crippen LogP contribution in [0, 0.1) is 0 Å². The molecule has 1 aliphatic heterocycles. The highest BCUT2D eigenvalue weighted by atomic mass is 16.5. The van der Waals surface area contributed by atoms with Crippen molar-refractivity contribution < 1.29 is 4.74 Å². The van der Waals surface area contributed by atoms with E-state index in [1.54, 1.807) is 0 Å². The number of anilines is 1. The molecule has 4 nitrogen and oxygen atoms in total. The molecule has 2 rings (SSSR count). The molecular weight excluding hydrogens is 238 g/mol. The summed E-state index contributed by atoms with van der Waals surface area (Å²) < 4.78 is 5.77. The van der Waals surface area contributed by atoms with E-state index in [0.29, 0.717) is 6.10 Å². The highest BCUT2D eigenvalue weighted by Crippen LogP contribution is 2.19. The molecular formula is C15H25N3O. The zero-order valence-electron chi connectivity index (χ0n) is 12.0. The Morgan fingerprint density at radius 1 is 1.47 bits per heavy atom. The first-order valence-corrected chi connectivity index (χ1v) is 7.25. The first kappa shape index (κ1) is 14.3. The second-order valence-corrected chi connectivity index (χ2v) is 5.33. The molecule has 4 heteroatoms. The Hall–Kier alpha value is -1.13. The van der Waals surface area contributed by atoms with Crippen LogP contribution in [0.4, 0.5) is 5.69 Å². The molecule has 1 aromatic rings. The summed E-state index contributed by atoms with van der Waals surface area (Å²) in [6.45, 7) is 3.91. The maximum Gasteiger partial charge on any atom is 0.0749 e. The van der Waals surface area contributed by atoms with Gasteiger partial charge in [0, 0.05) is 26.2 Å². The number of ether oxygens (including phenoxy) is 1. The first-order valence-electron chi connectivity index (χ1n) is 7.25. The maximum atomic E-state index is 5.97. The van der Waals surface area contributed by atoms with Crippen molar-refractivity contribution in [1.82, 2.24) is 4.98 Å². The Kier molecular flexibility index (Phi) is 5.16. The highest BCUT2D eigenvalue weighted by molar-refractivity contribution is 5.44. The largest absolute Gasteiger partial charge is 0.376 e.